The Labute approximate surface area is 165 Å². The molecular formula is C21H29N5O2. The average molecular weight is 383 g/mol. The molecule has 4 rings (SSSR count). The second-order valence-corrected chi connectivity index (χ2v) is 8.01. The number of nitrogens with one attached hydrogen (secondary N) is 1. The van der Waals surface area contributed by atoms with Gasteiger partial charge < -0.3 is 14.3 Å². The monoisotopic (exact) mass is 383 g/mol. The first-order valence-corrected chi connectivity index (χ1v) is 10.2. The minimum Gasteiger partial charge on any atom is -0.448 e. The third-order valence-electron chi connectivity index (χ3n) is 6.16. The molecule has 0 bridgehead atoms. The standard InChI is InChI=1S/C21H29N5O2/c1-4-17-18(24-14-28-17)20(27)25-11-7-21(8-12-25)19-16(22-13-23-19)6-10-26(21)9-5-15(2)3/h5,13-14H,4,6-12H2,1-3H3,(H,22,23). The number of likely N-dealkylation sites (tertiary alicyclic amines) is 1. The summed E-state index contributed by atoms with van der Waals surface area (Å²) in [5, 5.41) is 0. The lowest BCUT2D eigenvalue weighted by Crippen LogP contribution is -2.57. The van der Waals surface area contributed by atoms with Gasteiger partial charge in [-0.15, -0.1) is 0 Å². The van der Waals surface area contributed by atoms with E-state index in [4.69, 9.17) is 9.40 Å². The highest BCUT2D eigenvalue weighted by molar-refractivity contribution is 5.93. The number of amides is 1. The van der Waals surface area contributed by atoms with Crippen molar-refractivity contribution in [2.24, 2.45) is 0 Å². The molecule has 2 aliphatic rings. The van der Waals surface area contributed by atoms with E-state index in [2.05, 4.69) is 34.8 Å². The largest absolute Gasteiger partial charge is 0.448 e. The summed E-state index contributed by atoms with van der Waals surface area (Å²) in [5.74, 6) is 0.650. The minimum atomic E-state index is -0.103. The molecule has 1 spiro atoms. The van der Waals surface area contributed by atoms with Gasteiger partial charge in [-0.2, -0.15) is 0 Å². The summed E-state index contributed by atoms with van der Waals surface area (Å²) in [7, 11) is 0. The van der Waals surface area contributed by atoms with Gasteiger partial charge in [0.2, 0.25) is 0 Å². The van der Waals surface area contributed by atoms with Crippen molar-refractivity contribution >= 4 is 5.91 Å². The Morgan fingerprint density at radius 3 is 2.79 bits per heavy atom. The third kappa shape index (κ3) is 3.17. The van der Waals surface area contributed by atoms with Gasteiger partial charge in [0.1, 0.15) is 5.76 Å². The molecule has 0 radical (unpaired) electrons. The molecule has 2 aromatic heterocycles. The van der Waals surface area contributed by atoms with Gasteiger partial charge in [-0.25, -0.2) is 9.97 Å². The number of aryl methyl sites for hydroxylation is 1. The molecule has 1 saturated heterocycles. The molecule has 1 amide bonds. The van der Waals surface area contributed by atoms with Gasteiger partial charge in [-0.05, 0) is 26.7 Å². The van der Waals surface area contributed by atoms with Crippen molar-refractivity contribution in [3.05, 3.63) is 47.2 Å². The van der Waals surface area contributed by atoms with E-state index in [1.54, 1.807) is 0 Å². The van der Waals surface area contributed by atoms with Crippen molar-refractivity contribution in [3.63, 3.8) is 0 Å². The maximum Gasteiger partial charge on any atom is 0.276 e. The van der Waals surface area contributed by atoms with Crippen LogP contribution < -0.4 is 0 Å². The number of rotatable bonds is 4. The summed E-state index contributed by atoms with van der Waals surface area (Å²) in [5.41, 5.74) is 4.10. The van der Waals surface area contributed by atoms with Gasteiger partial charge in [0.05, 0.1) is 17.6 Å². The lowest BCUT2D eigenvalue weighted by Gasteiger charge is -2.50. The molecule has 2 aliphatic heterocycles. The molecule has 0 atom stereocenters. The van der Waals surface area contributed by atoms with Crippen LogP contribution in [-0.2, 0) is 18.4 Å². The maximum atomic E-state index is 13.0. The van der Waals surface area contributed by atoms with Crippen LogP contribution in [0.2, 0.25) is 0 Å². The Bertz CT molecular complexity index is 869. The zero-order chi connectivity index (χ0) is 19.7. The topological polar surface area (TPSA) is 78.3 Å². The lowest BCUT2D eigenvalue weighted by atomic mass is 9.78. The summed E-state index contributed by atoms with van der Waals surface area (Å²) in [6.07, 6.45) is 8.91. The highest BCUT2D eigenvalue weighted by Gasteiger charge is 2.47. The molecule has 7 nitrogen and oxygen atoms in total. The predicted octanol–water partition coefficient (Wildman–Crippen LogP) is 2.92. The molecule has 150 valence electrons. The quantitative estimate of drug-likeness (QED) is 0.822. The molecule has 0 saturated carbocycles. The second-order valence-electron chi connectivity index (χ2n) is 8.01. The summed E-state index contributed by atoms with van der Waals surface area (Å²) in [6.45, 7) is 9.59. The van der Waals surface area contributed by atoms with E-state index in [1.165, 1.54) is 23.4 Å². The van der Waals surface area contributed by atoms with Crippen LogP contribution in [0, 0.1) is 0 Å². The molecule has 0 unspecified atom stereocenters. The van der Waals surface area contributed by atoms with Crippen LogP contribution in [-0.4, -0.2) is 56.8 Å². The van der Waals surface area contributed by atoms with Crippen LogP contribution in [0.15, 0.2) is 28.8 Å². The fraction of sp³-hybridized carbons (Fsp3) is 0.571. The maximum absolute atomic E-state index is 13.0. The van der Waals surface area contributed by atoms with Crippen LogP contribution in [0.1, 0.15) is 61.2 Å². The number of carbonyl (C=O) groups excluding carboxylic acids is 1. The van der Waals surface area contributed by atoms with Gasteiger partial charge >= 0.3 is 0 Å². The Kier molecular flexibility index (Phi) is 5.10. The van der Waals surface area contributed by atoms with E-state index in [9.17, 15) is 4.79 Å². The number of H-pyrrole nitrogens is 1. The van der Waals surface area contributed by atoms with Crippen molar-refractivity contribution in [2.75, 3.05) is 26.2 Å². The normalized spacial score (nSPS) is 18.9. The van der Waals surface area contributed by atoms with Gasteiger partial charge in [-0.3, -0.25) is 9.69 Å². The van der Waals surface area contributed by atoms with E-state index in [-0.39, 0.29) is 11.4 Å². The number of allylic oxidation sites excluding steroid dienone is 1. The number of nitrogens with zero attached hydrogens (tertiary/aromatic N) is 4. The Hall–Kier alpha value is -2.41. The van der Waals surface area contributed by atoms with Crippen molar-refractivity contribution < 1.29 is 9.21 Å². The Morgan fingerprint density at radius 2 is 2.07 bits per heavy atom. The number of hydrogen-bond donors (Lipinski definition) is 1. The second kappa shape index (κ2) is 7.54. The van der Waals surface area contributed by atoms with E-state index < -0.39 is 0 Å². The van der Waals surface area contributed by atoms with Crippen LogP contribution in [0.5, 0.6) is 0 Å². The number of fused-ring (bicyclic) bond motifs is 2. The van der Waals surface area contributed by atoms with Crippen LogP contribution in [0.25, 0.3) is 0 Å². The summed E-state index contributed by atoms with van der Waals surface area (Å²) in [4.78, 5) is 29.6. The Morgan fingerprint density at radius 1 is 1.29 bits per heavy atom. The number of aromatic nitrogens is 3. The van der Waals surface area contributed by atoms with Crippen LogP contribution in [0.4, 0.5) is 0 Å². The number of aromatic amines is 1. The van der Waals surface area contributed by atoms with E-state index in [0.29, 0.717) is 31.0 Å². The molecule has 4 heterocycles. The van der Waals surface area contributed by atoms with Gasteiger partial charge in [0.15, 0.2) is 12.1 Å². The van der Waals surface area contributed by atoms with Gasteiger partial charge in [0, 0.05) is 44.7 Å². The number of piperidine rings is 1. The molecule has 28 heavy (non-hydrogen) atoms. The van der Waals surface area contributed by atoms with E-state index in [0.717, 1.165) is 32.4 Å². The third-order valence-corrected chi connectivity index (χ3v) is 6.16. The van der Waals surface area contributed by atoms with Crippen LogP contribution >= 0.6 is 0 Å². The molecule has 0 aromatic carbocycles. The fourth-order valence-corrected chi connectivity index (χ4v) is 4.56. The summed E-state index contributed by atoms with van der Waals surface area (Å²) < 4.78 is 5.36. The first kappa shape index (κ1) is 18.9. The minimum absolute atomic E-state index is 0.0191. The number of oxazole rings is 1. The Balaban J connectivity index is 1.56. The highest BCUT2D eigenvalue weighted by atomic mass is 16.3. The zero-order valence-electron chi connectivity index (χ0n) is 17.0. The molecule has 2 aromatic rings. The number of hydrogen-bond acceptors (Lipinski definition) is 5. The smallest absolute Gasteiger partial charge is 0.276 e. The lowest BCUT2D eigenvalue weighted by molar-refractivity contribution is 0.0136. The van der Waals surface area contributed by atoms with Gasteiger partial charge in [-0.1, -0.05) is 18.6 Å². The first-order valence-electron chi connectivity index (χ1n) is 10.2. The average Bonchev–Trinajstić information content (AvgIpc) is 3.37. The SMILES string of the molecule is CCc1ocnc1C(=O)N1CCC2(CC1)c1nc[nH]c1CCN2CC=C(C)C. The van der Waals surface area contributed by atoms with E-state index >= 15 is 0 Å². The van der Waals surface area contributed by atoms with Crippen molar-refractivity contribution in [1.29, 1.82) is 0 Å². The van der Waals surface area contributed by atoms with Crippen molar-refractivity contribution in [2.45, 2.75) is 52.0 Å². The van der Waals surface area contributed by atoms with Crippen molar-refractivity contribution in [1.82, 2.24) is 24.8 Å². The summed E-state index contributed by atoms with van der Waals surface area (Å²) >= 11 is 0. The number of imidazole rings is 1. The van der Waals surface area contributed by atoms with Crippen LogP contribution in [0.3, 0.4) is 0 Å². The van der Waals surface area contributed by atoms with Gasteiger partial charge in [0.25, 0.3) is 5.91 Å². The van der Waals surface area contributed by atoms with Crippen molar-refractivity contribution in [3.8, 4) is 0 Å². The number of carbonyl (C=O) groups is 1. The highest BCUT2D eigenvalue weighted by Crippen LogP contribution is 2.42. The molecule has 1 fully saturated rings. The molecule has 0 aliphatic carbocycles. The first-order chi connectivity index (χ1) is 13.5. The molecule has 7 heteroatoms. The fourth-order valence-electron chi connectivity index (χ4n) is 4.56. The summed E-state index contributed by atoms with van der Waals surface area (Å²) in [6, 6.07) is 0. The van der Waals surface area contributed by atoms with E-state index in [1.807, 2.05) is 18.2 Å². The zero-order valence-corrected chi connectivity index (χ0v) is 17.0. The molecular weight excluding hydrogens is 354 g/mol. The predicted molar refractivity (Wildman–Crippen MR) is 106 cm³/mol. The molecule has 1 N–H and O–H groups in total.